The Bertz CT molecular complexity index is 519. The summed E-state index contributed by atoms with van der Waals surface area (Å²) in [5.74, 6) is 1.13. The average molecular weight is 324 g/mol. The Morgan fingerprint density at radius 2 is 2.23 bits per heavy atom. The number of anilines is 1. The maximum absolute atomic E-state index is 12.0. The lowest BCUT2D eigenvalue weighted by Crippen LogP contribution is -2.33. The van der Waals surface area contributed by atoms with Crippen molar-refractivity contribution in [2.75, 3.05) is 17.7 Å². The normalized spacial score (nSPS) is 22.8. The highest BCUT2D eigenvalue weighted by atomic mass is 32.2. The molecule has 1 aliphatic rings. The average Bonchev–Trinajstić information content (AvgIpc) is 2.55. The van der Waals surface area contributed by atoms with E-state index in [4.69, 9.17) is 4.74 Å². The first-order valence-electron chi connectivity index (χ1n) is 7.91. The van der Waals surface area contributed by atoms with Gasteiger partial charge >= 0.3 is 5.97 Å². The van der Waals surface area contributed by atoms with Crippen LogP contribution in [0.4, 0.5) is 5.82 Å². The van der Waals surface area contributed by atoms with Gasteiger partial charge in [0.1, 0.15) is 5.82 Å². The minimum Gasteiger partial charge on any atom is -0.462 e. The fourth-order valence-electron chi connectivity index (χ4n) is 2.77. The van der Waals surface area contributed by atoms with Gasteiger partial charge in [-0.05, 0) is 38.3 Å². The zero-order chi connectivity index (χ0) is 15.9. The van der Waals surface area contributed by atoms with Crippen LogP contribution < -0.4 is 5.32 Å². The molecule has 3 unspecified atom stereocenters. The molecule has 0 saturated heterocycles. The molecule has 122 valence electrons. The highest BCUT2D eigenvalue weighted by molar-refractivity contribution is 7.85. The Hall–Kier alpha value is -1.43. The fraction of sp³-hybridized carbons (Fsp3) is 0.625. The zero-order valence-electron chi connectivity index (χ0n) is 13.2. The highest BCUT2D eigenvalue weighted by Crippen LogP contribution is 2.25. The van der Waals surface area contributed by atoms with E-state index in [0.717, 1.165) is 37.3 Å². The molecule has 22 heavy (non-hydrogen) atoms. The summed E-state index contributed by atoms with van der Waals surface area (Å²) in [6.07, 6.45) is 5.66. The van der Waals surface area contributed by atoms with Crippen LogP contribution in [0.15, 0.2) is 18.3 Å². The predicted molar refractivity (Wildman–Crippen MR) is 88.5 cm³/mol. The maximum Gasteiger partial charge on any atom is 0.339 e. The molecule has 1 aliphatic carbocycles. The number of hydrogen-bond donors (Lipinski definition) is 1. The van der Waals surface area contributed by atoms with Gasteiger partial charge in [-0.1, -0.05) is 13.3 Å². The smallest absolute Gasteiger partial charge is 0.339 e. The minimum atomic E-state index is -0.726. The molecule has 0 aliphatic heterocycles. The van der Waals surface area contributed by atoms with E-state index in [9.17, 15) is 9.00 Å². The molecular formula is C16H24N2O3S. The quantitative estimate of drug-likeness (QED) is 0.815. The summed E-state index contributed by atoms with van der Waals surface area (Å²) in [4.78, 5) is 15.9. The largest absolute Gasteiger partial charge is 0.462 e. The second-order valence-corrected chi connectivity index (χ2v) is 7.46. The molecule has 5 nitrogen and oxygen atoms in total. The minimum absolute atomic E-state index is 0.287. The van der Waals surface area contributed by atoms with Gasteiger partial charge in [0.25, 0.3) is 0 Å². The van der Waals surface area contributed by atoms with E-state index >= 15 is 0 Å². The zero-order valence-corrected chi connectivity index (χ0v) is 14.0. The molecule has 3 atom stereocenters. The van der Waals surface area contributed by atoms with Crippen molar-refractivity contribution in [1.82, 2.24) is 4.98 Å². The van der Waals surface area contributed by atoms with Crippen molar-refractivity contribution in [2.45, 2.75) is 50.8 Å². The number of ether oxygens (including phenoxy) is 1. The van der Waals surface area contributed by atoms with Crippen LogP contribution in [0.5, 0.6) is 0 Å². The van der Waals surface area contributed by atoms with Gasteiger partial charge in [-0.3, -0.25) is 4.21 Å². The van der Waals surface area contributed by atoms with E-state index in [-0.39, 0.29) is 11.2 Å². The molecule has 2 rings (SSSR count). The van der Waals surface area contributed by atoms with Crippen LogP contribution in [-0.4, -0.2) is 38.8 Å². The first-order chi connectivity index (χ1) is 10.6. The molecule has 1 aromatic rings. The summed E-state index contributed by atoms with van der Waals surface area (Å²) < 4.78 is 16.9. The highest BCUT2D eigenvalue weighted by Gasteiger charge is 2.25. The SMILES string of the molecule is CCOC(=O)c1ccc(NC2CCCC(S(=O)CC)C2)nc1. The van der Waals surface area contributed by atoms with Crippen molar-refractivity contribution in [3.8, 4) is 0 Å². The van der Waals surface area contributed by atoms with Crippen LogP contribution in [0.2, 0.25) is 0 Å². The first kappa shape index (κ1) is 16.9. The number of hydrogen-bond acceptors (Lipinski definition) is 5. The second kappa shape index (κ2) is 8.27. The van der Waals surface area contributed by atoms with E-state index in [0.29, 0.717) is 18.2 Å². The Morgan fingerprint density at radius 3 is 2.86 bits per heavy atom. The molecule has 0 bridgehead atoms. The Kier molecular flexibility index (Phi) is 6.36. The summed E-state index contributed by atoms with van der Waals surface area (Å²) in [6.45, 7) is 4.11. The fourth-order valence-corrected chi connectivity index (χ4v) is 4.12. The monoisotopic (exact) mass is 324 g/mol. The van der Waals surface area contributed by atoms with Gasteiger partial charge in [0, 0.05) is 34.0 Å². The molecule has 6 heteroatoms. The van der Waals surface area contributed by atoms with Crippen molar-refractivity contribution in [3.05, 3.63) is 23.9 Å². The maximum atomic E-state index is 12.0. The number of nitrogens with one attached hydrogen (secondary N) is 1. The third kappa shape index (κ3) is 4.53. The van der Waals surface area contributed by atoms with Gasteiger partial charge < -0.3 is 10.1 Å². The summed E-state index contributed by atoms with van der Waals surface area (Å²) in [5.41, 5.74) is 0.459. The Morgan fingerprint density at radius 1 is 1.41 bits per heavy atom. The second-order valence-electron chi connectivity index (χ2n) is 5.45. The van der Waals surface area contributed by atoms with Gasteiger partial charge in [0.2, 0.25) is 0 Å². The summed E-state index contributed by atoms with van der Waals surface area (Å²) in [7, 11) is -0.726. The molecule has 1 saturated carbocycles. The third-order valence-corrected chi connectivity index (χ3v) is 5.65. The molecule has 0 spiro atoms. The van der Waals surface area contributed by atoms with Crippen LogP contribution in [0.1, 0.15) is 49.9 Å². The molecule has 1 heterocycles. The number of pyridine rings is 1. The predicted octanol–water partition coefficient (Wildman–Crippen LogP) is 2.75. The molecule has 0 radical (unpaired) electrons. The van der Waals surface area contributed by atoms with Gasteiger partial charge in [-0.25, -0.2) is 9.78 Å². The lowest BCUT2D eigenvalue weighted by Gasteiger charge is -2.29. The third-order valence-electron chi connectivity index (χ3n) is 3.91. The van der Waals surface area contributed by atoms with Crippen LogP contribution in [0, 0.1) is 0 Å². The number of rotatable bonds is 6. The van der Waals surface area contributed by atoms with E-state index in [1.54, 1.807) is 19.1 Å². The Balaban J connectivity index is 1.93. The van der Waals surface area contributed by atoms with E-state index < -0.39 is 10.8 Å². The number of carbonyl (C=O) groups excluding carboxylic acids is 1. The molecule has 0 aromatic carbocycles. The van der Waals surface area contributed by atoms with E-state index in [1.807, 2.05) is 6.92 Å². The van der Waals surface area contributed by atoms with Gasteiger partial charge in [-0.15, -0.1) is 0 Å². The van der Waals surface area contributed by atoms with Crippen LogP contribution in [-0.2, 0) is 15.5 Å². The molecule has 1 fully saturated rings. The van der Waals surface area contributed by atoms with Crippen molar-refractivity contribution in [3.63, 3.8) is 0 Å². The number of nitrogens with zero attached hydrogens (tertiary/aromatic N) is 1. The van der Waals surface area contributed by atoms with E-state index in [1.165, 1.54) is 6.20 Å². The van der Waals surface area contributed by atoms with Gasteiger partial charge in [0.15, 0.2) is 0 Å². The Labute approximate surface area is 134 Å². The summed E-state index contributed by atoms with van der Waals surface area (Å²) in [5, 5.41) is 3.68. The van der Waals surface area contributed by atoms with Gasteiger partial charge in [0.05, 0.1) is 12.2 Å². The van der Waals surface area contributed by atoms with Crippen LogP contribution in [0.3, 0.4) is 0 Å². The molecular weight excluding hydrogens is 300 g/mol. The molecule has 1 aromatic heterocycles. The van der Waals surface area contributed by atoms with Crippen molar-refractivity contribution in [1.29, 1.82) is 0 Å². The molecule has 0 amide bonds. The van der Waals surface area contributed by atoms with Crippen molar-refractivity contribution >= 4 is 22.6 Å². The number of esters is 1. The topological polar surface area (TPSA) is 68.3 Å². The summed E-state index contributed by atoms with van der Waals surface area (Å²) in [6, 6.07) is 3.82. The van der Waals surface area contributed by atoms with Crippen LogP contribution >= 0.6 is 0 Å². The van der Waals surface area contributed by atoms with Crippen molar-refractivity contribution < 1.29 is 13.7 Å². The number of carbonyl (C=O) groups is 1. The molecule has 1 N–H and O–H groups in total. The van der Waals surface area contributed by atoms with Gasteiger partial charge in [-0.2, -0.15) is 0 Å². The lowest BCUT2D eigenvalue weighted by atomic mass is 9.95. The first-order valence-corrected chi connectivity index (χ1v) is 9.29. The standard InChI is InChI=1S/C16H24N2O3S/c1-3-21-16(19)12-8-9-15(17-11-12)18-13-6-5-7-14(10-13)22(20)4-2/h8-9,11,13-14H,3-7,10H2,1-2H3,(H,17,18). The lowest BCUT2D eigenvalue weighted by molar-refractivity contribution is 0.0526. The summed E-state index contributed by atoms with van der Waals surface area (Å²) >= 11 is 0. The van der Waals surface area contributed by atoms with Crippen molar-refractivity contribution in [2.24, 2.45) is 0 Å². The number of aromatic nitrogens is 1. The van der Waals surface area contributed by atoms with Crippen LogP contribution in [0.25, 0.3) is 0 Å². The van der Waals surface area contributed by atoms with E-state index in [2.05, 4.69) is 10.3 Å².